The number of imidazole rings is 1. The molecule has 1 aromatic rings. The van der Waals surface area contributed by atoms with Gasteiger partial charge in [-0.1, -0.05) is 25.5 Å². The summed E-state index contributed by atoms with van der Waals surface area (Å²) < 4.78 is 0.738. The second-order valence-electron chi connectivity index (χ2n) is 5.12. The molecule has 0 amide bonds. The molecular weight excluding hydrogens is 216 g/mol. The normalized spacial score (nSPS) is 20.4. The molecule has 1 unspecified atom stereocenters. The lowest BCUT2D eigenvalue weighted by molar-refractivity contribution is 0.533. The van der Waals surface area contributed by atoms with Gasteiger partial charge in [-0.15, -0.1) is 0 Å². The molecule has 0 saturated carbocycles. The molecule has 16 heavy (non-hydrogen) atoms. The molecule has 0 fully saturated rings. The van der Waals surface area contributed by atoms with Crippen molar-refractivity contribution >= 4 is 12.2 Å². The summed E-state index contributed by atoms with van der Waals surface area (Å²) in [5.74, 6) is 1.49. The molecule has 2 N–H and O–H groups in total. The van der Waals surface area contributed by atoms with Crippen LogP contribution >= 0.6 is 12.2 Å². The van der Waals surface area contributed by atoms with Gasteiger partial charge in [0, 0.05) is 11.9 Å². The lowest BCUT2D eigenvalue weighted by Gasteiger charge is -2.15. The molecule has 1 aromatic heterocycles. The number of allylic oxidation sites excluding steroid dienone is 2. The van der Waals surface area contributed by atoms with Crippen molar-refractivity contribution in [3.8, 4) is 0 Å². The second kappa shape index (κ2) is 5.00. The third kappa shape index (κ3) is 2.85. The number of H-pyrrole nitrogens is 2. The summed E-state index contributed by atoms with van der Waals surface area (Å²) in [6.07, 6.45) is 9.34. The van der Waals surface area contributed by atoms with E-state index >= 15 is 0 Å². The third-order valence-electron chi connectivity index (χ3n) is 3.21. The van der Waals surface area contributed by atoms with Crippen molar-refractivity contribution in [3.63, 3.8) is 0 Å². The van der Waals surface area contributed by atoms with Crippen LogP contribution in [0.1, 0.15) is 38.8 Å². The first-order valence-electron chi connectivity index (χ1n) is 6.10. The molecule has 0 bridgehead atoms. The average Bonchev–Trinajstić information content (AvgIpc) is 2.77. The molecule has 1 atom stereocenters. The summed E-state index contributed by atoms with van der Waals surface area (Å²) in [7, 11) is 0. The Kier molecular flexibility index (Phi) is 3.64. The number of hydrogen-bond donors (Lipinski definition) is 2. The fourth-order valence-corrected chi connectivity index (χ4v) is 2.71. The largest absolute Gasteiger partial charge is 0.337 e. The van der Waals surface area contributed by atoms with Crippen LogP contribution in [0.15, 0.2) is 17.8 Å². The van der Waals surface area contributed by atoms with Crippen molar-refractivity contribution in [1.29, 1.82) is 0 Å². The van der Waals surface area contributed by atoms with E-state index < -0.39 is 0 Å². The molecule has 1 aliphatic carbocycles. The van der Waals surface area contributed by atoms with Crippen molar-refractivity contribution in [2.75, 3.05) is 0 Å². The van der Waals surface area contributed by atoms with Gasteiger partial charge in [-0.3, -0.25) is 0 Å². The number of aromatic amines is 2. The molecule has 88 valence electrons. The van der Waals surface area contributed by atoms with Gasteiger partial charge in [-0.2, -0.15) is 0 Å². The Labute approximate surface area is 102 Å². The zero-order valence-corrected chi connectivity index (χ0v) is 10.9. The number of rotatable bonds is 4. The highest BCUT2D eigenvalue weighted by Gasteiger charge is 2.20. The van der Waals surface area contributed by atoms with E-state index in [2.05, 4.69) is 29.9 Å². The van der Waals surface area contributed by atoms with Gasteiger partial charge in [0.05, 0.1) is 0 Å². The summed E-state index contributed by atoms with van der Waals surface area (Å²) in [6.45, 7) is 4.58. The van der Waals surface area contributed by atoms with Crippen molar-refractivity contribution in [3.05, 3.63) is 28.3 Å². The topological polar surface area (TPSA) is 31.6 Å². The van der Waals surface area contributed by atoms with E-state index in [1.165, 1.54) is 25.0 Å². The molecule has 1 aliphatic rings. The molecule has 1 heterocycles. The quantitative estimate of drug-likeness (QED) is 0.601. The summed E-state index contributed by atoms with van der Waals surface area (Å²) in [6, 6.07) is 0. The standard InChI is InChI=1S/C13H20N2S/c1-9(2)6-10-4-3-5-11(10)7-12-8-14-13(16)15-12/h4,8-9,11H,3,5-7H2,1-2H3,(H2,14,15,16). The maximum Gasteiger partial charge on any atom is 0.174 e. The van der Waals surface area contributed by atoms with Crippen LogP contribution in [-0.4, -0.2) is 9.97 Å². The minimum atomic E-state index is 0.726. The number of aromatic nitrogens is 2. The van der Waals surface area contributed by atoms with Crippen molar-refractivity contribution in [2.45, 2.75) is 39.5 Å². The first kappa shape index (κ1) is 11.6. The van der Waals surface area contributed by atoms with E-state index in [1.807, 2.05) is 6.20 Å². The van der Waals surface area contributed by atoms with Gasteiger partial charge >= 0.3 is 0 Å². The Morgan fingerprint density at radius 3 is 2.94 bits per heavy atom. The van der Waals surface area contributed by atoms with Crippen LogP contribution in [0.4, 0.5) is 0 Å². The molecule has 3 heteroatoms. The van der Waals surface area contributed by atoms with Crippen LogP contribution in [-0.2, 0) is 6.42 Å². The molecule has 0 radical (unpaired) electrons. The Morgan fingerprint density at radius 2 is 2.31 bits per heavy atom. The van der Waals surface area contributed by atoms with Gasteiger partial charge in [-0.25, -0.2) is 0 Å². The van der Waals surface area contributed by atoms with Crippen LogP contribution in [0, 0.1) is 16.6 Å². The van der Waals surface area contributed by atoms with Crippen molar-refractivity contribution in [2.24, 2.45) is 11.8 Å². The number of hydrogen-bond acceptors (Lipinski definition) is 1. The van der Waals surface area contributed by atoms with Gasteiger partial charge in [0.15, 0.2) is 4.77 Å². The third-order valence-corrected chi connectivity index (χ3v) is 3.43. The molecule has 0 spiro atoms. The van der Waals surface area contributed by atoms with E-state index in [0.717, 1.165) is 23.0 Å². The first-order valence-corrected chi connectivity index (χ1v) is 6.51. The van der Waals surface area contributed by atoms with Gasteiger partial charge in [0.25, 0.3) is 0 Å². The van der Waals surface area contributed by atoms with Crippen LogP contribution < -0.4 is 0 Å². The van der Waals surface area contributed by atoms with Crippen LogP contribution in [0.25, 0.3) is 0 Å². The smallest absolute Gasteiger partial charge is 0.174 e. The molecule has 2 nitrogen and oxygen atoms in total. The highest BCUT2D eigenvalue weighted by Crippen LogP contribution is 2.32. The maximum absolute atomic E-state index is 5.05. The van der Waals surface area contributed by atoms with Gasteiger partial charge in [0.1, 0.15) is 0 Å². The highest BCUT2D eigenvalue weighted by molar-refractivity contribution is 7.71. The summed E-state index contributed by atoms with van der Waals surface area (Å²) in [5, 5.41) is 0. The van der Waals surface area contributed by atoms with Crippen molar-refractivity contribution in [1.82, 2.24) is 9.97 Å². The SMILES string of the molecule is CC(C)CC1=CCCC1Cc1c[nH]c(=S)[nH]1. The summed E-state index contributed by atoms with van der Waals surface area (Å²) in [4.78, 5) is 6.25. The Hall–Kier alpha value is -0.830. The van der Waals surface area contributed by atoms with Crippen molar-refractivity contribution < 1.29 is 0 Å². The number of nitrogens with one attached hydrogen (secondary N) is 2. The second-order valence-corrected chi connectivity index (χ2v) is 5.53. The Morgan fingerprint density at radius 1 is 1.50 bits per heavy atom. The highest BCUT2D eigenvalue weighted by atomic mass is 32.1. The minimum absolute atomic E-state index is 0.726. The van der Waals surface area contributed by atoms with Gasteiger partial charge < -0.3 is 9.97 Å². The fourth-order valence-electron chi connectivity index (χ4n) is 2.52. The monoisotopic (exact) mass is 236 g/mol. The zero-order chi connectivity index (χ0) is 11.5. The first-order chi connectivity index (χ1) is 7.65. The van der Waals surface area contributed by atoms with E-state index in [4.69, 9.17) is 12.2 Å². The fraction of sp³-hybridized carbons (Fsp3) is 0.615. The van der Waals surface area contributed by atoms with Crippen LogP contribution in [0.5, 0.6) is 0 Å². The van der Waals surface area contributed by atoms with Gasteiger partial charge in [0.2, 0.25) is 0 Å². The lowest BCUT2D eigenvalue weighted by atomic mass is 9.90. The molecular formula is C13H20N2S. The Balaban J connectivity index is 2.00. The van der Waals surface area contributed by atoms with Gasteiger partial charge in [-0.05, 0) is 49.7 Å². The Bertz CT molecular complexity index is 425. The van der Waals surface area contributed by atoms with Crippen LogP contribution in [0.3, 0.4) is 0 Å². The predicted molar refractivity (Wildman–Crippen MR) is 69.9 cm³/mol. The maximum atomic E-state index is 5.05. The average molecular weight is 236 g/mol. The van der Waals surface area contributed by atoms with E-state index in [9.17, 15) is 0 Å². The van der Waals surface area contributed by atoms with E-state index in [0.29, 0.717) is 0 Å². The molecule has 0 saturated heterocycles. The predicted octanol–water partition coefficient (Wildman–Crippen LogP) is 4.00. The minimum Gasteiger partial charge on any atom is -0.337 e. The molecule has 0 aliphatic heterocycles. The summed E-state index contributed by atoms with van der Waals surface area (Å²) >= 11 is 5.05. The zero-order valence-electron chi connectivity index (χ0n) is 10.0. The van der Waals surface area contributed by atoms with Crippen LogP contribution in [0.2, 0.25) is 0 Å². The van der Waals surface area contributed by atoms with E-state index in [1.54, 1.807) is 5.57 Å². The van der Waals surface area contributed by atoms with E-state index in [-0.39, 0.29) is 0 Å². The lowest BCUT2D eigenvalue weighted by Crippen LogP contribution is -2.06. The molecule has 0 aromatic carbocycles. The summed E-state index contributed by atoms with van der Waals surface area (Å²) in [5.41, 5.74) is 2.89. The molecule has 2 rings (SSSR count).